The molecule has 0 bridgehead atoms. The Balaban J connectivity index is 1.67. The molecule has 3 aromatic rings. The molecule has 0 atom stereocenters. The minimum Gasteiger partial charge on any atom is -0.494 e. The molecular formula is C18H17N3O2. The Bertz CT molecular complexity index is 754. The lowest BCUT2D eigenvalue weighted by molar-refractivity contribution is 0.111. The van der Waals surface area contributed by atoms with Crippen molar-refractivity contribution < 1.29 is 9.53 Å². The van der Waals surface area contributed by atoms with Gasteiger partial charge in [0.15, 0.2) is 6.29 Å². The number of hydrogen-bond donors (Lipinski definition) is 0. The van der Waals surface area contributed by atoms with E-state index in [2.05, 4.69) is 10.3 Å². The van der Waals surface area contributed by atoms with Gasteiger partial charge in [0.1, 0.15) is 11.4 Å². The maximum atomic E-state index is 11.2. The number of benzene rings is 2. The summed E-state index contributed by atoms with van der Waals surface area (Å²) in [5, 5.41) is 8.04. The highest BCUT2D eigenvalue weighted by Gasteiger charge is 2.13. The van der Waals surface area contributed by atoms with E-state index in [4.69, 9.17) is 4.74 Å². The van der Waals surface area contributed by atoms with Crippen LogP contribution in [0.4, 0.5) is 0 Å². The van der Waals surface area contributed by atoms with Gasteiger partial charge in [-0.3, -0.25) is 4.79 Å². The van der Waals surface area contributed by atoms with Gasteiger partial charge in [0.05, 0.1) is 18.0 Å². The van der Waals surface area contributed by atoms with E-state index in [0.29, 0.717) is 18.7 Å². The van der Waals surface area contributed by atoms with Gasteiger partial charge in [-0.15, -0.1) is 5.10 Å². The zero-order valence-corrected chi connectivity index (χ0v) is 12.6. The monoisotopic (exact) mass is 307 g/mol. The van der Waals surface area contributed by atoms with Gasteiger partial charge in [0.2, 0.25) is 0 Å². The number of rotatable bonds is 7. The van der Waals surface area contributed by atoms with Crippen LogP contribution in [-0.2, 0) is 6.42 Å². The number of para-hydroxylation sites is 2. The van der Waals surface area contributed by atoms with Gasteiger partial charge in [-0.25, -0.2) is 4.68 Å². The number of carbonyl (C=O) groups excluding carboxylic acids is 1. The highest BCUT2D eigenvalue weighted by atomic mass is 16.5. The van der Waals surface area contributed by atoms with E-state index in [1.807, 2.05) is 60.7 Å². The van der Waals surface area contributed by atoms with Crippen LogP contribution in [0.3, 0.4) is 0 Å². The Hall–Kier alpha value is -2.95. The highest BCUT2D eigenvalue weighted by molar-refractivity contribution is 5.73. The molecule has 0 fully saturated rings. The SMILES string of the molecule is O=Cc1nnn(-c2ccccc2)c1CCCOc1ccccc1. The van der Waals surface area contributed by atoms with Crippen molar-refractivity contribution in [3.8, 4) is 11.4 Å². The van der Waals surface area contributed by atoms with Crippen molar-refractivity contribution in [1.82, 2.24) is 15.0 Å². The van der Waals surface area contributed by atoms with Crippen LogP contribution in [0.1, 0.15) is 22.6 Å². The normalized spacial score (nSPS) is 10.4. The number of nitrogens with zero attached hydrogens (tertiary/aromatic N) is 3. The number of ether oxygens (including phenoxy) is 1. The van der Waals surface area contributed by atoms with E-state index < -0.39 is 0 Å². The fourth-order valence-corrected chi connectivity index (χ4v) is 2.36. The summed E-state index contributed by atoms with van der Waals surface area (Å²) in [5.74, 6) is 0.845. The number of carbonyl (C=O) groups is 1. The second kappa shape index (κ2) is 7.35. The van der Waals surface area contributed by atoms with Gasteiger partial charge in [0, 0.05) is 0 Å². The smallest absolute Gasteiger partial charge is 0.172 e. The third-order valence-electron chi connectivity index (χ3n) is 3.48. The summed E-state index contributed by atoms with van der Waals surface area (Å²) < 4.78 is 7.40. The van der Waals surface area contributed by atoms with Crippen molar-refractivity contribution >= 4 is 6.29 Å². The van der Waals surface area contributed by atoms with Crippen LogP contribution in [-0.4, -0.2) is 27.9 Å². The molecule has 5 nitrogen and oxygen atoms in total. The predicted molar refractivity (Wildman–Crippen MR) is 87.0 cm³/mol. The molecule has 0 aliphatic heterocycles. The summed E-state index contributed by atoms with van der Waals surface area (Å²) in [6.07, 6.45) is 2.19. The molecule has 1 heterocycles. The van der Waals surface area contributed by atoms with Gasteiger partial charge in [-0.2, -0.15) is 0 Å². The van der Waals surface area contributed by atoms with Crippen LogP contribution in [0.25, 0.3) is 5.69 Å². The first-order chi connectivity index (χ1) is 11.4. The minimum atomic E-state index is 0.383. The quantitative estimate of drug-likeness (QED) is 0.497. The van der Waals surface area contributed by atoms with E-state index >= 15 is 0 Å². The van der Waals surface area contributed by atoms with E-state index in [1.54, 1.807) is 4.68 Å². The lowest BCUT2D eigenvalue weighted by Crippen LogP contribution is -2.06. The average molecular weight is 307 g/mol. The summed E-state index contributed by atoms with van der Waals surface area (Å²) in [6.45, 7) is 0.572. The Labute approximate surface area is 134 Å². The number of hydrogen-bond acceptors (Lipinski definition) is 4. The predicted octanol–water partition coefficient (Wildman–Crippen LogP) is 3.09. The zero-order chi connectivity index (χ0) is 15.9. The molecule has 0 unspecified atom stereocenters. The second-order valence-electron chi connectivity index (χ2n) is 5.05. The first kappa shape index (κ1) is 15.0. The molecule has 3 rings (SSSR count). The van der Waals surface area contributed by atoms with Crippen LogP contribution in [0.15, 0.2) is 60.7 Å². The number of aldehydes is 1. The summed E-state index contributed by atoms with van der Waals surface area (Å²) in [4.78, 5) is 11.2. The van der Waals surface area contributed by atoms with Crippen molar-refractivity contribution in [1.29, 1.82) is 0 Å². The molecule has 2 aromatic carbocycles. The van der Waals surface area contributed by atoms with Crippen LogP contribution in [0.2, 0.25) is 0 Å². The molecule has 23 heavy (non-hydrogen) atoms. The molecule has 0 aliphatic rings. The molecule has 0 saturated carbocycles. The Morgan fingerprint density at radius 2 is 1.70 bits per heavy atom. The first-order valence-corrected chi connectivity index (χ1v) is 7.51. The maximum Gasteiger partial charge on any atom is 0.172 e. The maximum absolute atomic E-state index is 11.2. The fourth-order valence-electron chi connectivity index (χ4n) is 2.36. The van der Waals surface area contributed by atoms with Crippen LogP contribution >= 0.6 is 0 Å². The van der Waals surface area contributed by atoms with Crippen LogP contribution in [0, 0.1) is 0 Å². The second-order valence-corrected chi connectivity index (χ2v) is 5.05. The lowest BCUT2D eigenvalue weighted by atomic mass is 10.2. The largest absolute Gasteiger partial charge is 0.494 e. The van der Waals surface area contributed by atoms with Crippen LogP contribution in [0.5, 0.6) is 5.75 Å². The molecule has 1 aromatic heterocycles. The topological polar surface area (TPSA) is 57.0 Å². The van der Waals surface area contributed by atoms with Crippen molar-refractivity contribution in [2.24, 2.45) is 0 Å². The van der Waals surface area contributed by atoms with Gasteiger partial charge in [-0.05, 0) is 37.1 Å². The molecular weight excluding hydrogens is 290 g/mol. The molecule has 0 radical (unpaired) electrons. The van der Waals surface area contributed by atoms with Crippen LogP contribution < -0.4 is 4.74 Å². The summed E-state index contributed by atoms with van der Waals surface area (Å²) >= 11 is 0. The highest BCUT2D eigenvalue weighted by Crippen LogP contribution is 2.14. The average Bonchev–Trinajstić information content (AvgIpc) is 3.03. The Morgan fingerprint density at radius 3 is 2.39 bits per heavy atom. The van der Waals surface area contributed by atoms with Gasteiger partial charge < -0.3 is 4.74 Å². The third kappa shape index (κ3) is 3.63. The zero-order valence-electron chi connectivity index (χ0n) is 12.6. The van der Waals surface area contributed by atoms with Crippen molar-refractivity contribution in [2.45, 2.75) is 12.8 Å². The molecule has 0 aliphatic carbocycles. The summed E-state index contributed by atoms with van der Waals surface area (Å²) in [5.41, 5.74) is 2.09. The van der Waals surface area contributed by atoms with Crippen molar-refractivity contribution in [3.63, 3.8) is 0 Å². The minimum absolute atomic E-state index is 0.383. The standard InChI is InChI=1S/C18H17N3O2/c22-14-17-18(12-7-13-23-16-10-5-2-6-11-16)21(20-19-17)15-8-3-1-4-9-15/h1-6,8-11,14H,7,12-13H2. The summed E-state index contributed by atoms with van der Waals surface area (Å²) in [7, 11) is 0. The molecule has 0 N–H and O–H groups in total. The third-order valence-corrected chi connectivity index (χ3v) is 3.48. The van der Waals surface area contributed by atoms with Crippen molar-refractivity contribution in [3.05, 3.63) is 72.1 Å². The van der Waals surface area contributed by atoms with E-state index in [-0.39, 0.29) is 0 Å². The molecule has 0 spiro atoms. The first-order valence-electron chi connectivity index (χ1n) is 7.51. The van der Waals surface area contributed by atoms with Gasteiger partial charge in [0.25, 0.3) is 0 Å². The molecule has 0 amide bonds. The lowest BCUT2D eigenvalue weighted by Gasteiger charge is -2.08. The van der Waals surface area contributed by atoms with E-state index in [0.717, 1.165) is 29.8 Å². The Kier molecular flexibility index (Phi) is 4.79. The number of aromatic nitrogens is 3. The van der Waals surface area contributed by atoms with E-state index in [1.165, 1.54) is 0 Å². The van der Waals surface area contributed by atoms with Gasteiger partial charge >= 0.3 is 0 Å². The molecule has 5 heteroatoms. The molecule has 116 valence electrons. The summed E-state index contributed by atoms with van der Waals surface area (Å²) in [6, 6.07) is 19.4. The van der Waals surface area contributed by atoms with Crippen molar-refractivity contribution in [2.75, 3.05) is 6.61 Å². The Morgan fingerprint density at radius 1 is 1.00 bits per heavy atom. The van der Waals surface area contributed by atoms with Gasteiger partial charge in [-0.1, -0.05) is 41.6 Å². The fraction of sp³-hybridized carbons (Fsp3) is 0.167. The molecule has 0 saturated heterocycles. The van der Waals surface area contributed by atoms with E-state index in [9.17, 15) is 4.79 Å².